The molecule has 0 atom stereocenters. The van der Waals surface area contributed by atoms with Gasteiger partial charge in [0.05, 0.1) is 22.4 Å². The van der Waals surface area contributed by atoms with Gasteiger partial charge in [-0.3, -0.25) is 0 Å². The van der Waals surface area contributed by atoms with Crippen LogP contribution in [0, 0.1) is 0 Å². The minimum atomic E-state index is 0.838. The Morgan fingerprint density at radius 2 is 0.633 bits per heavy atom. The predicted octanol–water partition coefficient (Wildman–Crippen LogP) is 21.7. The second kappa shape index (κ2) is 20.6. The summed E-state index contributed by atoms with van der Waals surface area (Å²) in [5.41, 5.74) is 21.8. The van der Waals surface area contributed by atoms with Gasteiger partial charge in [0, 0.05) is 33.6 Å². The fourth-order valence-corrected chi connectivity index (χ4v) is 11.4. The van der Waals surface area contributed by atoms with Crippen molar-refractivity contribution < 1.29 is 4.42 Å². The van der Waals surface area contributed by atoms with Gasteiger partial charge < -0.3 is 14.2 Å². The Hall–Kier alpha value is -10.5. The highest BCUT2D eigenvalue weighted by Gasteiger charge is 2.25. The van der Waals surface area contributed by atoms with Crippen molar-refractivity contribution in [2.75, 3.05) is 9.80 Å². The van der Waals surface area contributed by atoms with Crippen molar-refractivity contribution in [3.63, 3.8) is 0 Å². The third kappa shape index (κ3) is 9.10. The Kier molecular flexibility index (Phi) is 12.2. The average Bonchev–Trinajstić information content (AvgIpc) is 4.07. The molecular formula is C76H52N2O. The molecule has 0 N–H and O–H groups in total. The molecule has 1 heterocycles. The molecule has 0 aliphatic rings. The van der Waals surface area contributed by atoms with Gasteiger partial charge >= 0.3 is 0 Å². The fourth-order valence-electron chi connectivity index (χ4n) is 11.4. The zero-order valence-corrected chi connectivity index (χ0v) is 43.3. The van der Waals surface area contributed by atoms with Crippen molar-refractivity contribution in [2.24, 2.45) is 0 Å². The maximum atomic E-state index is 6.60. The number of para-hydroxylation sites is 3. The third-order valence-corrected chi connectivity index (χ3v) is 15.3. The van der Waals surface area contributed by atoms with Gasteiger partial charge in [-0.1, -0.05) is 243 Å². The quantitative estimate of drug-likeness (QED) is 0.122. The van der Waals surface area contributed by atoms with Gasteiger partial charge in [0.15, 0.2) is 0 Å². The van der Waals surface area contributed by atoms with Crippen LogP contribution in [0.15, 0.2) is 320 Å². The number of fused-ring (bicyclic) bond motifs is 4. The molecule has 0 aliphatic carbocycles. The zero-order chi connectivity index (χ0) is 52.5. The van der Waals surface area contributed by atoms with Crippen LogP contribution in [0.3, 0.4) is 0 Å². The summed E-state index contributed by atoms with van der Waals surface area (Å²) in [6.45, 7) is 0. The van der Waals surface area contributed by atoms with Crippen LogP contribution < -0.4 is 9.80 Å². The van der Waals surface area contributed by atoms with Crippen LogP contribution in [0.5, 0.6) is 0 Å². The minimum Gasteiger partial charge on any atom is -0.456 e. The Morgan fingerprint density at radius 3 is 1.28 bits per heavy atom. The lowest BCUT2D eigenvalue weighted by molar-refractivity contribution is 0.669. The molecule has 0 saturated heterocycles. The topological polar surface area (TPSA) is 19.6 Å². The smallest absolute Gasteiger partial charge is 0.137 e. The van der Waals surface area contributed by atoms with Gasteiger partial charge in [0.2, 0.25) is 0 Å². The first-order chi connectivity index (χ1) is 39.2. The Balaban J connectivity index is 0.913. The van der Waals surface area contributed by atoms with Crippen molar-refractivity contribution in [2.45, 2.75) is 0 Å². The molecule has 0 aliphatic heterocycles. The van der Waals surface area contributed by atoms with Crippen LogP contribution in [0.25, 0.3) is 99.5 Å². The number of rotatable bonds is 12. The van der Waals surface area contributed by atoms with Crippen molar-refractivity contribution in [1.82, 2.24) is 0 Å². The molecule has 0 unspecified atom stereocenters. The maximum absolute atomic E-state index is 6.60. The molecule has 14 aromatic rings. The van der Waals surface area contributed by atoms with Gasteiger partial charge in [-0.05, 0) is 139 Å². The van der Waals surface area contributed by atoms with E-state index in [2.05, 4.69) is 319 Å². The second-order valence-corrected chi connectivity index (χ2v) is 20.0. The number of nitrogens with zero attached hydrogens (tertiary/aromatic N) is 2. The first kappa shape index (κ1) is 47.0. The van der Waals surface area contributed by atoms with Gasteiger partial charge in [-0.15, -0.1) is 0 Å². The van der Waals surface area contributed by atoms with Gasteiger partial charge in [-0.2, -0.15) is 0 Å². The highest BCUT2D eigenvalue weighted by atomic mass is 16.3. The van der Waals surface area contributed by atoms with E-state index < -0.39 is 0 Å². The molecule has 1 aromatic heterocycles. The maximum Gasteiger partial charge on any atom is 0.137 e. The van der Waals surface area contributed by atoms with Crippen LogP contribution in [0.2, 0.25) is 0 Å². The average molecular weight is 1010 g/mol. The van der Waals surface area contributed by atoms with Gasteiger partial charge in [0.25, 0.3) is 0 Å². The van der Waals surface area contributed by atoms with Crippen LogP contribution in [0.4, 0.5) is 34.1 Å². The van der Waals surface area contributed by atoms with Gasteiger partial charge in [-0.25, -0.2) is 0 Å². The number of furan rings is 1. The van der Waals surface area contributed by atoms with Crippen LogP contribution >= 0.6 is 0 Å². The monoisotopic (exact) mass is 1010 g/mol. The van der Waals surface area contributed by atoms with E-state index in [1.54, 1.807) is 0 Å². The normalized spacial score (nSPS) is 11.3. The molecule has 0 radical (unpaired) electrons. The summed E-state index contributed by atoms with van der Waals surface area (Å²) in [6.07, 6.45) is 0. The lowest BCUT2D eigenvalue weighted by Gasteiger charge is -2.31. The molecule has 13 aromatic carbocycles. The lowest BCUT2D eigenvalue weighted by atomic mass is 9.96. The van der Waals surface area contributed by atoms with Crippen LogP contribution in [-0.2, 0) is 0 Å². The van der Waals surface area contributed by atoms with E-state index in [0.717, 1.165) is 89.4 Å². The molecule has 14 rings (SSSR count). The van der Waals surface area contributed by atoms with Crippen LogP contribution in [-0.4, -0.2) is 0 Å². The standard InChI is InChI=1S/C76H52N2O/c1-3-18-53(19-4-1)56-36-38-58(39-37-56)59-46-48-65(49-47-59)77(66-26-15-24-62(51-66)63-45-42-55-22-7-8-23-61(55)50-63)67-27-16-25-64(52-67)69-29-10-13-32-72(69)78(73-33-17-35-75-76(73)70-30-11-14-34-74(70)79-75)71-31-12-9-28-68(71)60-43-40-57(41-44-60)54-20-5-2-6-21-54/h1-52H. The first-order valence-electron chi connectivity index (χ1n) is 27.0. The lowest BCUT2D eigenvalue weighted by Crippen LogP contribution is -2.13. The summed E-state index contributed by atoms with van der Waals surface area (Å²) in [4.78, 5) is 4.84. The Labute approximate surface area is 460 Å². The number of benzene rings is 13. The molecule has 372 valence electrons. The van der Waals surface area contributed by atoms with E-state index in [-0.39, 0.29) is 0 Å². The van der Waals surface area contributed by atoms with Gasteiger partial charge in [0.1, 0.15) is 11.2 Å². The number of hydrogen-bond acceptors (Lipinski definition) is 3. The highest BCUT2D eigenvalue weighted by Crippen LogP contribution is 2.49. The molecule has 0 fully saturated rings. The SMILES string of the molecule is c1ccc(-c2ccc(-c3ccc(N(c4cccc(-c5ccc6ccccc6c5)c4)c4cccc(-c5ccccc5N(c5ccccc5-c5ccc(-c6ccccc6)cc5)c5cccc6oc7ccccc7c56)c4)cc3)cc2)cc1. The molecule has 0 amide bonds. The molecule has 0 bridgehead atoms. The minimum absolute atomic E-state index is 0.838. The molecular weight excluding hydrogens is 957 g/mol. The summed E-state index contributed by atoms with van der Waals surface area (Å²) < 4.78 is 6.60. The van der Waals surface area contributed by atoms with Crippen molar-refractivity contribution in [1.29, 1.82) is 0 Å². The fraction of sp³-hybridized carbons (Fsp3) is 0. The summed E-state index contributed by atoms with van der Waals surface area (Å²) in [5, 5.41) is 4.57. The number of anilines is 6. The summed E-state index contributed by atoms with van der Waals surface area (Å²) >= 11 is 0. The summed E-state index contributed by atoms with van der Waals surface area (Å²) in [7, 11) is 0. The third-order valence-electron chi connectivity index (χ3n) is 15.3. The Bertz CT molecular complexity index is 4470. The molecule has 3 heteroatoms. The van der Waals surface area contributed by atoms with Crippen LogP contribution in [0.1, 0.15) is 0 Å². The summed E-state index contributed by atoms with van der Waals surface area (Å²) in [5.74, 6) is 0. The zero-order valence-electron chi connectivity index (χ0n) is 43.3. The van der Waals surface area contributed by atoms with Crippen molar-refractivity contribution >= 4 is 66.8 Å². The van der Waals surface area contributed by atoms with Crippen molar-refractivity contribution in [3.8, 4) is 66.8 Å². The van der Waals surface area contributed by atoms with E-state index in [4.69, 9.17) is 4.42 Å². The van der Waals surface area contributed by atoms with E-state index in [1.165, 1.54) is 44.2 Å². The molecule has 0 saturated carbocycles. The summed E-state index contributed by atoms with van der Waals surface area (Å²) in [6, 6.07) is 114. The molecule has 3 nitrogen and oxygen atoms in total. The van der Waals surface area contributed by atoms with E-state index >= 15 is 0 Å². The van der Waals surface area contributed by atoms with Crippen molar-refractivity contribution in [3.05, 3.63) is 315 Å². The highest BCUT2D eigenvalue weighted by molar-refractivity contribution is 6.14. The first-order valence-corrected chi connectivity index (χ1v) is 27.0. The molecule has 0 spiro atoms. The number of hydrogen-bond donors (Lipinski definition) is 0. The van der Waals surface area contributed by atoms with E-state index in [0.29, 0.717) is 0 Å². The predicted molar refractivity (Wildman–Crippen MR) is 333 cm³/mol. The second-order valence-electron chi connectivity index (χ2n) is 20.0. The van der Waals surface area contributed by atoms with E-state index in [9.17, 15) is 0 Å². The molecule has 79 heavy (non-hydrogen) atoms. The largest absolute Gasteiger partial charge is 0.456 e. The van der Waals surface area contributed by atoms with E-state index in [1.807, 2.05) is 6.07 Å². The Morgan fingerprint density at radius 1 is 0.215 bits per heavy atom.